The largest absolute Gasteiger partial charge is 0.504 e. The molecule has 1 amide bonds. The second kappa shape index (κ2) is 7.33. The van der Waals surface area contributed by atoms with Crippen molar-refractivity contribution < 1.29 is 14.6 Å². The molecule has 1 aliphatic rings. The number of carbonyl (C=O) groups excluding carboxylic acids is 1. The van der Waals surface area contributed by atoms with Crippen LogP contribution in [0, 0.1) is 0 Å². The van der Waals surface area contributed by atoms with E-state index in [1.165, 1.54) is 0 Å². The molecule has 2 aromatic carbocycles. The Morgan fingerprint density at radius 1 is 1.32 bits per heavy atom. The number of halogens is 1. The minimum absolute atomic E-state index is 0.0429. The van der Waals surface area contributed by atoms with Crippen LogP contribution in [0.5, 0.6) is 11.5 Å². The van der Waals surface area contributed by atoms with E-state index in [4.69, 9.17) is 16.3 Å². The van der Waals surface area contributed by atoms with E-state index >= 15 is 0 Å². The summed E-state index contributed by atoms with van der Waals surface area (Å²) in [5.74, 6) is 0.540. The molecule has 6 heteroatoms. The van der Waals surface area contributed by atoms with Crippen molar-refractivity contribution >= 4 is 17.5 Å². The van der Waals surface area contributed by atoms with E-state index in [0.29, 0.717) is 30.5 Å². The maximum atomic E-state index is 12.0. The van der Waals surface area contributed by atoms with E-state index < -0.39 is 0 Å². The predicted octanol–water partition coefficient (Wildman–Crippen LogP) is 3.04. The van der Waals surface area contributed by atoms with Crippen LogP contribution < -0.4 is 10.1 Å². The molecular formula is C19H21ClN2O3. The number of likely N-dealkylation sites (N-methyl/N-ethyl adjacent to an activating group) is 1. The van der Waals surface area contributed by atoms with Gasteiger partial charge in [0.25, 0.3) is 0 Å². The Kier molecular flexibility index (Phi) is 5.16. The zero-order valence-electron chi connectivity index (χ0n) is 14.3. The first-order valence-corrected chi connectivity index (χ1v) is 8.57. The zero-order chi connectivity index (χ0) is 18.0. The number of fused-ring (bicyclic) bond motifs is 1. The number of amides is 1. The third-order valence-corrected chi connectivity index (χ3v) is 4.71. The van der Waals surface area contributed by atoms with Crippen molar-refractivity contribution in [2.45, 2.75) is 19.5 Å². The van der Waals surface area contributed by atoms with Crippen LogP contribution in [0.1, 0.15) is 12.5 Å². The Bertz CT molecular complexity index is 794. The molecule has 1 heterocycles. The maximum Gasteiger partial charge on any atom is 0.236 e. The number of benzene rings is 2. The van der Waals surface area contributed by atoms with Gasteiger partial charge in [0, 0.05) is 30.7 Å². The molecular weight excluding hydrogens is 340 g/mol. The molecule has 0 spiro atoms. The van der Waals surface area contributed by atoms with Crippen LogP contribution in [-0.2, 0) is 11.3 Å². The Hall–Kier alpha value is -2.24. The van der Waals surface area contributed by atoms with Crippen molar-refractivity contribution in [3.05, 3.63) is 47.0 Å². The van der Waals surface area contributed by atoms with E-state index in [9.17, 15) is 9.90 Å². The summed E-state index contributed by atoms with van der Waals surface area (Å²) >= 11 is 6.08. The number of phenolic OH excluding ortho intramolecular Hbond substituents is 1. The Labute approximate surface area is 152 Å². The van der Waals surface area contributed by atoms with E-state index in [2.05, 4.69) is 5.32 Å². The molecule has 0 saturated heterocycles. The quantitative estimate of drug-likeness (QED) is 0.883. The van der Waals surface area contributed by atoms with Crippen LogP contribution in [0.15, 0.2) is 36.4 Å². The third-order valence-electron chi connectivity index (χ3n) is 4.48. The molecule has 0 fully saturated rings. The number of hydrogen-bond acceptors (Lipinski definition) is 4. The molecule has 0 aromatic heterocycles. The standard InChI is InChI=1S/C19H21ClN2O3/c1-12(19(24)21-2)22-6-7-25-18-15(11-22)8-14(10-17(18)23)13-4-3-5-16(20)9-13/h3-5,8-10,12,23H,6-7,11H2,1-2H3,(H,21,24)/t12-/m0/s1. The van der Waals surface area contributed by atoms with Gasteiger partial charge in [-0.3, -0.25) is 9.69 Å². The Morgan fingerprint density at radius 2 is 2.12 bits per heavy atom. The monoisotopic (exact) mass is 360 g/mol. The van der Waals surface area contributed by atoms with E-state index in [-0.39, 0.29) is 17.7 Å². The summed E-state index contributed by atoms with van der Waals surface area (Å²) in [6, 6.07) is 10.9. The average Bonchev–Trinajstić information content (AvgIpc) is 2.83. The topological polar surface area (TPSA) is 61.8 Å². The van der Waals surface area contributed by atoms with Gasteiger partial charge >= 0.3 is 0 Å². The van der Waals surface area contributed by atoms with Gasteiger partial charge in [0.15, 0.2) is 11.5 Å². The molecule has 0 unspecified atom stereocenters. The number of phenols is 1. The normalized spacial score (nSPS) is 15.6. The van der Waals surface area contributed by atoms with Crippen LogP contribution in [-0.4, -0.2) is 42.2 Å². The highest BCUT2D eigenvalue weighted by atomic mass is 35.5. The molecule has 1 aliphatic heterocycles. The number of nitrogens with zero attached hydrogens (tertiary/aromatic N) is 1. The second-order valence-electron chi connectivity index (χ2n) is 6.10. The predicted molar refractivity (Wildman–Crippen MR) is 98.0 cm³/mol. The average molecular weight is 361 g/mol. The molecule has 0 saturated carbocycles. The first-order chi connectivity index (χ1) is 12.0. The minimum Gasteiger partial charge on any atom is -0.504 e. The van der Waals surface area contributed by atoms with Crippen LogP contribution >= 0.6 is 11.6 Å². The number of ether oxygens (including phenoxy) is 1. The number of carbonyl (C=O) groups is 1. The van der Waals surface area contributed by atoms with Crippen molar-refractivity contribution in [1.82, 2.24) is 10.2 Å². The van der Waals surface area contributed by atoms with E-state index in [1.807, 2.05) is 42.2 Å². The number of aromatic hydroxyl groups is 1. The molecule has 5 nitrogen and oxygen atoms in total. The van der Waals surface area contributed by atoms with Crippen molar-refractivity contribution in [3.63, 3.8) is 0 Å². The molecule has 3 rings (SSSR count). The lowest BCUT2D eigenvalue weighted by Gasteiger charge is -2.25. The highest BCUT2D eigenvalue weighted by Crippen LogP contribution is 2.38. The van der Waals surface area contributed by atoms with Crippen LogP contribution in [0.25, 0.3) is 11.1 Å². The van der Waals surface area contributed by atoms with Crippen molar-refractivity contribution in [2.24, 2.45) is 0 Å². The first-order valence-electron chi connectivity index (χ1n) is 8.20. The van der Waals surface area contributed by atoms with Crippen molar-refractivity contribution in [1.29, 1.82) is 0 Å². The molecule has 1 atom stereocenters. The lowest BCUT2D eigenvalue weighted by atomic mass is 10.0. The van der Waals surface area contributed by atoms with Crippen LogP contribution in [0.4, 0.5) is 0 Å². The lowest BCUT2D eigenvalue weighted by molar-refractivity contribution is -0.125. The van der Waals surface area contributed by atoms with Gasteiger partial charge in [0.05, 0.1) is 6.04 Å². The summed E-state index contributed by atoms with van der Waals surface area (Å²) in [7, 11) is 1.63. The molecule has 132 valence electrons. The lowest BCUT2D eigenvalue weighted by Crippen LogP contribution is -2.44. The van der Waals surface area contributed by atoms with Gasteiger partial charge in [0.1, 0.15) is 6.61 Å². The van der Waals surface area contributed by atoms with Crippen LogP contribution in [0.2, 0.25) is 5.02 Å². The Morgan fingerprint density at radius 3 is 2.84 bits per heavy atom. The van der Waals surface area contributed by atoms with Gasteiger partial charge < -0.3 is 15.2 Å². The van der Waals surface area contributed by atoms with Gasteiger partial charge in [-0.05, 0) is 42.3 Å². The summed E-state index contributed by atoms with van der Waals surface area (Å²) in [5, 5.41) is 13.7. The minimum atomic E-state index is -0.281. The van der Waals surface area contributed by atoms with Gasteiger partial charge in [-0.15, -0.1) is 0 Å². The molecule has 0 radical (unpaired) electrons. The summed E-state index contributed by atoms with van der Waals surface area (Å²) in [6.07, 6.45) is 0. The third kappa shape index (κ3) is 3.72. The first kappa shape index (κ1) is 17.6. The molecule has 2 aromatic rings. The SMILES string of the molecule is CNC(=O)[C@H](C)N1CCOc2c(O)cc(-c3cccc(Cl)c3)cc2C1. The summed E-state index contributed by atoms with van der Waals surface area (Å²) in [6.45, 7) is 3.41. The summed E-state index contributed by atoms with van der Waals surface area (Å²) in [4.78, 5) is 14.0. The van der Waals surface area contributed by atoms with Gasteiger partial charge in [-0.25, -0.2) is 0 Å². The highest BCUT2D eigenvalue weighted by Gasteiger charge is 2.25. The van der Waals surface area contributed by atoms with E-state index in [0.717, 1.165) is 16.7 Å². The smallest absolute Gasteiger partial charge is 0.236 e. The maximum absolute atomic E-state index is 12.0. The van der Waals surface area contributed by atoms with Gasteiger partial charge in [-0.2, -0.15) is 0 Å². The molecule has 2 N–H and O–H groups in total. The summed E-state index contributed by atoms with van der Waals surface area (Å²) in [5.41, 5.74) is 2.63. The van der Waals surface area contributed by atoms with Crippen molar-refractivity contribution in [3.8, 4) is 22.6 Å². The van der Waals surface area contributed by atoms with E-state index in [1.54, 1.807) is 13.1 Å². The fourth-order valence-electron chi connectivity index (χ4n) is 3.06. The van der Waals surface area contributed by atoms with Crippen molar-refractivity contribution in [2.75, 3.05) is 20.2 Å². The van der Waals surface area contributed by atoms with Gasteiger partial charge in [-0.1, -0.05) is 23.7 Å². The number of nitrogens with one attached hydrogen (secondary N) is 1. The number of rotatable bonds is 3. The van der Waals surface area contributed by atoms with Gasteiger partial charge in [0.2, 0.25) is 5.91 Å². The van der Waals surface area contributed by atoms with Crippen LogP contribution in [0.3, 0.4) is 0 Å². The molecule has 25 heavy (non-hydrogen) atoms. The molecule has 0 bridgehead atoms. The molecule has 0 aliphatic carbocycles. The highest BCUT2D eigenvalue weighted by molar-refractivity contribution is 6.30. The fourth-order valence-corrected chi connectivity index (χ4v) is 3.25. The second-order valence-corrected chi connectivity index (χ2v) is 6.54. The fraction of sp³-hybridized carbons (Fsp3) is 0.316. The number of hydrogen-bond donors (Lipinski definition) is 2. The summed E-state index contributed by atoms with van der Waals surface area (Å²) < 4.78 is 5.74. The Balaban J connectivity index is 1.97. The zero-order valence-corrected chi connectivity index (χ0v) is 15.0.